The van der Waals surface area contributed by atoms with Crippen LogP contribution in [0.25, 0.3) is 0 Å². The molecular formula is C26H40N2O5. The molecular weight excluding hydrogens is 420 g/mol. The molecule has 7 nitrogen and oxygen atoms in total. The highest BCUT2D eigenvalue weighted by atomic mass is 16.5. The molecule has 0 aromatic rings. The molecule has 7 heteroatoms. The van der Waals surface area contributed by atoms with Crippen LogP contribution in [-0.2, 0) is 19.1 Å². The van der Waals surface area contributed by atoms with E-state index in [1.807, 2.05) is 0 Å². The maximum absolute atomic E-state index is 13.8. The van der Waals surface area contributed by atoms with Gasteiger partial charge in [0.2, 0.25) is 5.91 Å². The van der Waals surface area contributed by atoms with Crippen LogP contribution in [0.15, 0.2) is 0 Å². The van der Waals surface area contributed by atoms with E-state index in [9.17, 15) is 19.5 Å². The number of rotatable bonds is 5. The van der Waals surface area contributed by atoms with Crippen LogP contribution in [0.1, 0.15) is 78.1 Å². The van der Waals surface area contributed by atoms with E-state index in [2.05, 4.69) is 19.2 Å². The molecule has 33 heavy (non-hydrogen) atoms. The fourth-order valence-corrected chi connectivity index (χ4v) is 8.21. The Labute approximate surface area is 197 Å². The van der Waals surface area contributed by atoms with Crippen molar-refractivity contribution >= 4 is 17.8 Å². The molecule has 0 spiro atoms. The monoisotopic (exact) mass is 460 g/mol. The number of aliphatic hydroxyl groups excluding tert-OH is 1. The van der Waals surface area contributed by atoms with Crippen molar-refractivity contribution in [2.75, 3.05) is 13.2 Å². The third-order valence-electron chi connectivity index (χ3n) is 9.70. The molecule has 4 bridgehead atoms. The van der Waals surface area contributed by atoms with Gasteiger partial charge in [-0.1, -0.05) is 26.7 Å². The molecule has 5 aliphatic carbocycles. The summed E-state index contributed by atoms with van der Waals surface area (Å²) in [7, 11) is 0. The SMILES string of the molecule is CC1CCCC(NC(=O)COC(=O)[C@@H]2CC(O)CN2C(=O)C23CC4CC(CC(C4)C2)C3)C1C. The predicted octanol–water partition coefficient (Wildman–Crippen LogP) is 2.65. The van der Waals surface area contributed by atoms with Gasteiger partial charge in [0.15, 0.2) is 6.61 Å². The first-order valence-electron chi connectivity index (χ1n) is 13.2. The van der Waals surface area contributed by atoms with Gasteiger partial charge in [0.1, 0.15) is 6.04 Å². The zero-order valence-electron chi connectivity index (χ0n) is 20.1. The highest BCUT2D eigenvalue weighted by Crippen LogP contribution is 2.60. The zero-order chi connectivity index (χ0) is 23.3. The van der Waals surface area contributed by atoms with Crippen LogP contribution < -0.4 is 5.32 Å². The summed E-state index contributed by atoms with van der Waals surface area (Å²) in [6, 6.07) is -0.677. The second kappa shape index (κ2) is 8.86. The Morgan fingerprint density at radius 1 is 1.00 bits per heavy atom. The highest BCUT2D eigenvalue weighted by molar-refractivity contribution is 5.90. The number of hydrogen-bond donors (Lipinski definition) is 2. The maximum Gasteiger partial charge on any atom is 0.329 e. The molecule has 1 saturated heterocycles. The molecule has 4 unspecified atom stereocenters. The van der Waals surface area contributed by atoms with Crippen LogP contribution in [0.4, 0.5) is 0 Å². The molecule has 0 aromatic carbocycles. The first-order valence-corrected chi connectivity index (χ1v) is 13.2. The topological polar surface area (TPSA) is 95.9 Å². The fraction of sp³-hybridized carbons (Fsp3) is 0.885. The van der Waals surface area contributed by atoms with E-state index in [0.29, 0.717) is 29.6 Å². The van der Waals surface area contributed by atoms with Crippen LogP contribution in [-0.4, -0.2) is 59.1 Å². The Balaban J connectivity index is 1.19. The number of nitrogens with one attached hydrogen (secondary N) is 1. The lowest BCUT2D eigenvalue weighted by molar-refractivity contribution is -0.166. The number of esters is 1. The van der Waals surface area contributed by atoms with E-state index < -0.39 is 18.1 Å². The summed E-state index contributed by atoms with van der Waals surface area (Å²) < 4.78 is 5.38. The Bertz CT molecular complexity index is 762. The number of hydrogen-bond acceptors (Lipinski definition) is 5. The van der Waals surface area contributed by atoms with Crippen molar-refractivity contribution in [1.29, 1.82) is 0 Å². The van der Waals surface area contributed by atoms with Gasteiger partial charge in [-0.15, -0.1) is 0 Å². The largest absolute Gasteiger partial charge is 0.454 e. The van der Waals surface area contributed by atoms with Crippen molar-refractivity contribution in [1.82, 2.24) is 10.2 Å². The smallest absolute Gasteiger partial charge is 0.329 e. The van der Waals surface area contributed by atoms with E-state index in [4.69, 9.17) is 4.74 Å². The second-order valence-corrected chi connectivity index (χ2v) is 12.1. The second-order valence-electron chi connectivity index (χ2n) is 12.1. The van der Waals surface area contributed by atoms with Gasteiger partial charge in [0, 0.05) is 19.0 Å². The molecule has 1 aliphatic heterocycles. The predicted molar refractivity (Wildman–Crippen MR) is 122 cm³/mol. The number of carbonyl (C=O) groups excluding carboxylic acids is 3. The standard InChI is InChI=1S/C26H40N2O5/c1-15-4-3-5-21(16(15)2)27-23(30)14-33-24(31)22-9-20(29)13-28(22)25(32)26-10-17-6-18(11-26)8-19(7-17)12-26/h15-22,29H,3-14H2,1-2H3,(H,27,30)/t15?,16?,17?,18?,19?,20?,21?,22-,26?/m0/s1. The van der Waals surface area contributed by atoms with E-state index in [-0.39, 0.29) is 42.8 Å². The Morgan fingerprint density at radius 2 is 1.64 bits per heavy atom. The van der Waals surface area contributed by atoms with Gasteiger partial charge in [-0.2, -0.15) is 0 Å². The molecule has 184 valence electrons. The number of aliphatic hydroxyl groups is 1. The van der Waals surface area contributed by atoms with Crippen LogP contribution >= 0.6 is 0 Å². The number of likely N-dealkylation sites (tertiary alicyclic amines) is 1. The van der Waals surface area contributed by atoms with Crippen LogP contribution in [0, 0.1) is 35.0 Å². The lowest BCUT2D eigenvalue weighted by Gasteiger charge is -2.56. The van der Waals surface area contributed by atoms with Gasteiger partial charge in [-0.3, -0.25) is 9.59 Å². The maximum atomic E-state index is 13.8. The normalized spacial score (nSPS) is 44.0. The first-order chi connectivity index (χ1) is 15.7. The summed E-state index contributed by atoms with van der Waals surface area (Å²) in [6.45, 7) is 4.23. The van der Waals surface area contributed by atoms with Gasteiger partial charge >= 0.3 is 5.97 Å². The van der Waals surface area contributed by atoms with Crippen LogP contribution in [0.3, 0.4) is 0 Å². The van der Waals surface area contributed by atoms with Gasteiger partial charge in [-0.25, -0.2) is 4.79 Å². The minimum atomic E-state index is -0.790. The summed E-state index contributed by atoms with van der Waals surface area (Å²) in [5.41, 5.74) is -0.359. The van der Waals surface area contributed by atoms with Crippen molar-refractivity contribution < 1.29 is 24.2 Å². The number of amides is 2. The highest BCUT2D eigenvalue weighted by Gasteiger charge is 2.57. The first kappa shape index (κ1) is 23.1. The molecule has 5 atom stereocenters. The molecule has 6 rings (SSSR count). The van der Waals surface area contributed by atoms with E-state index in [1.165, 1.54) is 25.7 Å². The van der Waals surface area contributed by atoms with Crippen molar-refractivity contribution in [3.8, 4) is 0 Å². The average Bonchev–Trinajstić information content (AvgIpc) is 3.15. The lowest BCUT2D eigenvalue weighted by atomic mass is 9.49. The third kappa shape index (κ3) is 4.42. The van der Waals surface area contributed by atoms with Crippen molar-refractivity contribution in [3.63, 3.8) is 0 Å². The summed E-state index contributed by atoms with van der Waals surface area (Å²) in [6.07, 6.45) is 9.20. The van der Waals surface area contributed by atoms with Crippen molar-refractivity contribution in [2.24, 2.45) is 35.0 Å². The van der Waals surface area contributed by atoms with Gasteiger partial charge in [-0.05, 0) is 74.5 Å². The minimum absolute atomic E-state index is 0.0366. The van der Waals surface area contributed by atoms with Gasteiger partial charge in [0.05, 0.1) is 11.5 Å². The average molecular weight is 461 g/mol. The Morgan fingerprint density at radius 3 is 2.27 bits per heavy atom. The third-order valence-corrected chi connectivity index (χ3v) is 9.70. The molecule has 0 aromatic heterocycles. The molecule has 0 radical (unpaired) electrons. The molecule has 2 N–H and O–H groups in total. The van der Waals surface area contributed by atoms with Crippen molar-refractivity contribution in [3.05, 3.63) is 0 Å². The number of nitrogens with zero attached hydrogens (tertiary/aromatic N) is 1. The van der Waals surface area contributed by atoms with Crippen LogP contribution in [0.5, 0.6) is 0 Å². The minimum Gasteiger partial charge on any atom is -0.454 e. The van der Waals surface area contributed by atoms with Crippen molar-refractivity contribution in [2.45, 2.75) is 96.2 Å². The lowest BCUT2D eigenvalue weighted by Crippen LogP contribution is -2.56. The number of ether oxygens (including phenoxy) is 1. The van der Waals surface area contributed by atoms with Gasteiger partial charge < -0.3 is 20.1 Å². The number of carbonyl (C=O) groups is 3. The summed E-state index contributed by atoms with van der Waals surface area (Å²) in [5.74, 6) is 2.05. The summed E-state index contributed by atoms with van der Waals surface area (Å²) >= 11 is 0. The molecule has 2 amide bonds. The van der Waals surface area contributed by atoms with E-state index in [0.717, 1.165) is 32.1 Å². The zero-order valence-corrected chi connectivity index (χ0v) is 20.1. The van der Waals surface area contributed by atoms with E-state index in [1.54, 1.807) is 4.90 Å². The fourth-order valence-electron chi connectivity index (χ4n) is 8.21. The van der Waals surface area contributed by atoms with E-state index >= 15 is 0 Å². The Kier molecular flexibility index (Phi) is 6.21. The Hall–Kier alpha value is -1.63. The quantitative estimate of drug-likeness (QED) is 0.615. The van der Waals surface area contributed by atoms with Gasteiger partial charge in [0.25, 0.3) is 5.91 Å². The van der Waals surface area contributed by atoms with Crippen LogP contribution in [0.2, 0.25) is 0 Å². The molecule has 5 saturated carbocycles. The molecule has 6 fully saturated rings. The summed E-state index contributed by atoms with van der Waals surface area (Å²) in [4.78, 5) is 40.8. The molecule has 1 heterocycles. The summed E-state index contributed by atoms with van der Waals surface area (Å²) in [5, 5.41) is 13.3. The number of β-amino-alcohol motifs (C(OH)–C–C–N with tert-alkyl or cyclic N) is 1. The molecule has 6 aliphatic rings.